The Morgan fingerprint density at radius 1 is 0.651 bits per heavy atom. The van der Waals surface area contributed by atoms with Gasteiger partial charge in [0.15, 0.2) is 11.1 Å². The molecule has 0 aromatic heterocycles. The van der Waals surface area contributed by atoms with Crippen LogP contribution in [0.4, 0.5) is 11.4 Å². The van der Waals surface area contributed by atoms with Gasteiger partial charge in [0.1, 0.15) is 17.2 Å². The summed E-state index contributed by atoms with van der Waals surface area (Å²) in [6.45, 7) is 3.09. The summed E-state index contributed by atoms with van der Waals surface area (Å²) < 4.78 is 0. The van der Waals surface area contributed by atoms with E-state index in [1.807, 2.05) is 18.2 Å². The predicted molar refractivity (Wildman–Crippen MR) is 164 cm³/mol. The molecule has 0 saturated carbocycles. The first kappa shape index (κ1) is 30.0. The third-order valence-corrected chi connectivity index (χ3v) is 7.02. The van der Waals surface area contributed by atoms with Crippen LogP contribution < -0.4 is 10.6 Å². The molecule has 6 rings (SSSR count). The minimum absolute atomic E-state index is 0.0596. The molecule has 10 nitrogen and oxygen atoms in total. The number of phenolic OH excluding ortho intramolecular Hbond substituents is 3. The van der Waals surface area contributed by atoms with Crippen molar-refractivity contribution in [1.29, 1.82) is 5.26 Å². The Morgan fingerprint density at radius 2 is 1.12 bits per heavy atom. The van der Waals surface area contributed by atoms with Gasteiger partial charge in [0.05, 0.1) is 23.0 Å². The van der Waals surface area contributed by atoms with E-state index in [-0.39, 0.29) is 17.2 Å². The van der Waals surface area contributed by atoms with E-state index in [0.717, 1.165) is 21.9 Å². The van der Waals surface area contributed by atoms with Gasteiger partial charge in [-0.25, -0.2) is 9.59 Å². The molecule has 7 N–H and O–H groups in total. The summed E-state index contributed by atoms with van der Waals surface area (Å²) in [6.07, 6.45) is 6.52. The molecule has 0 saturated heterocycles. The highest BCUT2D eigenvalue weighted by atomic mass is 16.4. The van der Waals surface area contributed by atoms with Crippen LogP contribution in [0.15, 0.2) is 84.9 Å². The number of carbonyl (C=O) groups is 2. The number of aromatic hydroxyl groups is 3. The number of hydrogen-bond acceptors (Lipinski definition) is 8. The van der Waals surface area contributed by atoms with Gasteiger partial charge in [-0.3, -0.25) is 0 Å². The largest absolute Gasteiger partial charge is 0.507 e. The number of para-hydroxylation sites is 2. The summed E-state index contributed by atoms with van der Waals surface area (Å²) in [5, 5.41) is 62.6. The van der Waals surface area contributed by atoms with Crippen molar-refractivity contribution < 1.29 is 35.1 Å². The second kappa shape index (κ2) is 11.9. The summed E-state index contributed by atoms with van der Waals surface area (Å²) in [5.41, 5.74) is 0.767. The number of aliphatic carboxylic acids is 2. The standard InChI is InChI=1S/2C11H11NO3.C11H7NO/c2*1-11(10(14)15)6-5-7-3-2-4-8(13)9(7)12-11;12-7-8-5-6-11(13)10-4-2-1-3-9(8)10/h2*2-6,12-13H,1H3,(H,14,15);1-6,13H. The Bertz CT molecular complexity index is 1740. The normalized spacial score (nSPS) is 19.0. The highest BCUT2D eigenvalue weighted by Crippen LogP contribution is 2.36. The minimum atomic E-state index is -1.16. The van der Waals surface area contributed by atoms with Crippen LogP contribution in [-0.2, 0) is 9.59 Å². The fourth-order valence-electron chi connectivity index (χ4n) is 4.41. The summed E-state index contributed by atoms with van der Waals surface area (Å²) in [4.78, 5) is 22.0. The summed E-state index contributed by atoms with van der Waals surface area (Å²) in [6, 6.07) is 22.6. The van der Waals surface area contributed by atoms with E-state index >= 15 is 0 Å². The molecular weight excluding hydrogens is 550 g/mol. The first-order chi connectivity index (χ1) is 20.4. The lowest BCUT2D eigenvalue weighted by atomic mass is 9.94. The van der Waals surface area contributed by atoms with E-state index < -0.39 is 23.0 Å². The van der Waals surface area contributed by atoms with Crippen molar-refractivity contribution in [2.45, 2.75) is 24.9 Å². The number of benzene rings is 4. The second-order valence-electron chi connectivity index (χ2n) is 10.2. The van der Waals surface area contributed by atoms with E-state index in [2.05, 4.69) is 16.7 Å². The van der Waals surface area contributed by atoms with Crippen LogP contribution in [0.2, 0.25) is 0 Å². The van der Waals surface area contributed by atoms with Crippen molar-refractivity contribution >= 4 is 46.2 Å². The predicted octanol–water partition coefficient (Wildman–Crippen LogP) is 5.77. The zero-order chi connectivity index (χ0) is 31.4. The Balaban J connectivity index is 0.000000148. The molecule has 43 heavy (non-hydrogen) atoms. The van der Waals surface area contributed by atoms with E-state index in [1.165, 1.54) is 12.1 Å². The fourth-order valence-corrected chi connectivity index (χ4v) is 4.41. The van der Waals surface area contributed by atoms with Gasteiger partial charge in [-0.15, -0.1) is 0 Å². The molecule has 4 aromatic rings. The number of nitrogens with one attached hydrogen (secondary N) is 2. The number of nitrogens with zero attached hydrogens (tertiary/aromatic N) is 1. The van der Waals surface area contributed by atoms with Gasteiger partial charge in [-0.05, 0) is 50.3 Å². The van der Waals surface area contributed by atoms with Crippen molar-refractivity contribution in [1.82, 2.24) is 0 Å². The van der Waals surface area contributed by atoms with Crippen LogP contribution in [0.25, 0.3) is 22.9 Å². The van der Waals surface area contributed by atoms with E-state index in [0.29, 0.717) is 16.9 Å². The number of anilines is 2. The Hall–Kier alpha value is -5.95. The Morgan fingerprint density at radius 3 is 1.56 bits per heavy atom. The molecule has 2 unspecified atom stereocenters. The first-order valence-corrected chi connectivity index (χ1v) is 13.0. The maximum Gasteiger partial charge on any atom is 0.333 e. The molecule has 2 heterocycles. The number of rotatable bonds is 2. The van der Waals surface area contributed by atoms with Crippen LogP contribution >= 0.6 is 0 Å². The number of nitriles is 1. The molecule has 10 heteroatoms. The molecule has 4 aromatic carbocycles. The van der Waals surface area contributed by atoms with Gasteiger partial charge in [0, 0.05) is 21.9 Å². The maximum absolute atomic E-state index is 11.0. The van der Waals surface area contributed by atoms with Gasteiger partial charge in [-0.1, -0.05) is 60.7 Å². The molecule has 0 fully saturated rings. The monoisotopic (exact) mass is 579 g/mol. The van der Waals surface area contributed by atoms with Gasteiger partial charge >= 0.3 is 11.9 Å². The molecule has 2 atom stereocenters. The quantitative estimate of drug-likeness (QED) is 0.144. The molecule has 218 valence electrons. The SMILES string of the molecule is CC1(C(=O)O)C=Cc2cccc(O)c2N1.CC1(C(=O)O)C=Cc2cccc(O)c2N1.N#Cc1ccc(O)c2ccccc12. The number of carboxylic acids is 2. The van der Waals surface area contributed by atoms with E-state index in [9.17, 15) is 24.9 Å². The van der Waals surface area contributed by atoms with E-state index in [1.54, 1.807) is 80.6 Å². The third kappa shape index (κ3) is 6.21. The molecule has 2 aliphatic heterocycles. The van der Waals surface area contributed by atoms with E-state index in [4.69, 9.17) is 15.5 Å². The summed E-state index contributed by atoms with van der Waals surface area (Å²) >= 11 is 0. The molecule has 0 bridgehead atoms. The Labute approximate surface area is 247 Å². The van der Waals surface area contributed by atoms with Crippen molar-refractivity contribution in [3.05, 3.63) is 102 Å². The van der Waals surface area contributed by atoms with Crippen molar-refractivity contribution in [2.75, 3.05) is 10.6 Å². The molecule has 2 aliphatic rings. The minimum Gasteiger partial charge on any atom is -0.507 e. The number of phenols is 3. The zero-order valence-electron chi connectivity index (χ0n) is 23.2. The van der Waals surface area contributed by atoms with Crippen LogP contribution in [-0.4, -0.2) is 48.5 Å². The van der Waals surface area contributed by atoms with Crippen LogP contribution in [0.3, 0.4) is 0 Å². The lowest BCUT2D eigenvalue weighted by molar-refractivity contribution is -0.140. The van der Waals surface area contributed by atoms with Gasteiger partial charge in [0.25, 0.3) is 0 Å². The second-order valence-corrected chi connectivity index (χ2v) is 10.2. The molecule has 0 radical (unpaired) electrons. The summed E-state index contributed by atoms with van der Waals surface area (Å²) in [7, 11) is 0. The average Bonchev–Trinajstić information content (AvgIpc) is 2.99. The van der Waals surface area contributed by atoms with Crippen LogP contribution in [0.5, 0.6) is 17.2 Å². The maximum atomic E-state index is 11.0. The number of fused-ring (bicyclic) bond motifs is 3. The highest BCUT2D eigenvalue weighted by molar-refractivity contribution is 5.93. The lowest BCUT2D eigenvalue weighted by Crippen LogP contribution is -2.42. The molecular formula is C33H29N3O7. The topological polar surface area (TPSA) is 183 Å². The third-order valence-electron chi connectivity index (χ3n) is 7.02. The average molecular weight is 580 g/mol. The number of carboxylic acid groups (broad SMARTS) is 2. The first-order valence-electron chi connectivity index (χ1n) is 13.0. The van der Waals surface area contributed by atoms with Crippen LogP contribution in [0, 0.1) is 11.3 Å². The fraction of sp³-hybridized carbons (Fsp3) is 0.121. The molecule has 0 aliphatic carbocycles. The van der Waals surface area contributed by atoms with Gasteiger partial charge < -0.3 is 36.2 Å². The van der Waals surface area contributed by atoms with Crippen molar-refractivity contribution in [3.63, 3.8) is 0 Å². The van der Waals surface area contributed by atoms with Crippen molar-refractivity contribution in [3.8, 4) is 23.3 Å². The Kier molecular flexibility index (Phi) is 8.30. The molecule has 0 amide bonds. The van der Waals surface area contributed by atoms with Gasteiger partial charge in [-0.2, -0.15) is 5.26 Å². The smallest absolute Gasteiger partial charge is 0.333 e. The lowest BCUT2D eigenvalue weighted by Gasteiger charge is -2.28. The van der Waals surface area contributed by atoms with Crippen molar-refractivity contribution in [2.24, 2.45) is 0 Å². The number of hydrogen-bond donors (Lipinski definition) is 7. The van der Waals surface area contributed by atoms with Crippen LogP contribution in [0.1, 0.15) is 30.5 Å². The highest BCUT2D eigenvalue weighted by Gasteiger charge is 2.34. The zero-order valence-corrected chi connectivity index (χ0v) is 23.2. The van der Waals surface area contributed by atoms with Gasteiger partial charge in [0.2, 0.25) is 0 Å². The summed E-state index contributed by atoms with van der Waals surface area (Å²) in [5.74, 6) is -1.62. The molecule has 0 spiro atoms.